The number of nitrogens with zero attached hydrogens (tertiary/aromatic N) is 2. The third kappa shape index (κ3) is 2.67. The molecular formula is C14H12BrFN4O3. The zero-order valence-electron chi connectivity index (χ0n) is 11.9. The first-order chi connectivity index (χ1) is 10.8. The SMILES string of the molecule is CC1(c2cc(NC(=O)O)ccc2F)Cn2ncc(Br)c2C(=O)N1. The molecule has 0 saturated heterocycles. The molecule has 23 heavy (non-hydrogen) atoms. The van der Waals surface area contributed by atoms with E-state index in [-0.39, 0.29) is 23.7 Å². The molecule has 1 aliphatic rings. The van der Waals surface area contributed by atoms with Crippen molar-refractivity contribution >= 4 is 33.6 Å². The number of hydrogen-bond donors (Lipinski definition) is 3. The molecule has 0 spiro atoms. The summed E-state index contributed by atoms with van der Waals surface area (Å²) >= 11 is 3.25. The second kappa shape index (κ2) is 5.34. The first kappa shape index (κ1) is 15.5. The Kier molecular flexibility index (Phi) is 3.59. The van der Waals surface area contributed by atoms with Crippen molar-refractivity contribution in [3.8, 4) is 0 Å². The van der Waals surface area contributed by atoms with Gasteiger partial charge in [-0.1, -0.05) is 0 Å². The Morgan fingerprint density at radius 3 is 3.00 bits per heavy atom. The van der Waals surface area contributed by atoms with E-state index in [9.17, 15) is 14.0 Å². The number of hydrogen-bond acceptors (Lipinski definition) is 3. The van der Waals surface area contributed by atoms with Crippen LogP contribution in [0.4, 0.5) is 14.9 Å². The highest BCUT2D eigenvalue weighted by Crippen LogP contribution is 2.32. The molecule has 1 unspecified atom stereocenters. The Morgan fingerprint density at radius 2 is 2.30 bits per heavy atom. The molecule has 0 saturated carbocycles. The number of carbonyl (C=O) groups excluding carboxylic acids is 1. The summed E-state index contributed by atoms with van der Waals surface area (Å²) in [4.78, 5) is 23.0. The van der Waals surface area contributed by atoms with Crippen molar-refractivity contribution < 1.29 is 19.1 Å². The standard InChI is InChI=1S/C14H12BrFN4O3/c1-14(6-20-11(12(21)19-14)9(15)5-17-20)8-4-7(18-13(22)23)2-3-10(8)16/h2-5,18H,6H2,1H3,(H,19,21)(H,22,23). The molecule has 2 heterocycles. The minimum Gasteiger partial charge on any atom is -0.465 e. The van der Waals surface area contributed by atoms with Gasteiger partial charge >= 0.3 is 6.09 Å². The summed E-state index contributed by atoms with van der Waals surface area (Å²) in [6.07, 6.45) is 0.248. The highest BCUT2D eigenvalue weighted by Gasteiger charge is 2.39. The van der Waals surface area contributed by atoms with E-state index in [0.29, 0.717) is 10.2 Å². The second-order valence-corrected chi connectivity index (χ2v) is 6.26. The molecule has 1 aromatic heterocycles. The third-order valence-corrected chi connectivity index (χ3v) is 4.26. The molecule has 1 aliphatic heterocycles. The van der Waals surface area contributed by atoms with Crippen LogP contribution in [0.1, 0.15) is 23.0 Å². The summed E-state index contributed by atoms with van der Waals surface area (Å²) in [5.74, 6) is -0.933. The summed E-state index contributed by atoms with van der Waals surface area (Å²) < 4.78 is 16.3. The highest BCUT2D eigenvalue weighted by atomic mass is 79.9. The molecule has 2 aromatic rings. The number of carbonyl (C=O) groups is 2. The van der Waals surface area contributed by atoms with Crippen LogP contribution in [0, 0.1) is 5.82 Å². The minimum absolute atomic E-state index is 0.175. The Morgan fingerprint density at radius 1 is 1.57 bits per heavy atom. The highest BCUT2D eigenvalue weighted by molar-refractivity contribution is 9.10. The molecule has 0 fully saturated rings. The normalized spacial score (nSPS) is 19.9. The van der Waals surface area contributed by atoms with Gasteiger partial charge in [0.1, 0.15) is 11.5 Å². The van der Waals surface area contributed by atoms with Crippen molar-refractivity contribution in [2.24, 2.45) is 0 Å². The molecular weight excluding hydrogens is 371 g/mol. The number of rotatable bonds is 2. The number of benzene rings is 1. The lowest BCUT2D eigenvalue weighted by molar-refractivity contribution is 0.0835. The van der Waals surface area contributed by atoms with E-state index >= 15 is 0 Å². The van der Waals surface area contributed by atoms with Gasteiger partial charge in [0.05, 0.1) is 22.8 Å². The lowest BCUT2D eigenvalue weighted by Gasteiger charge is -2.36. The van der Waals surface area contributed by atoms with Crippen molar-refractivity contribution in [3.63, 3.8) is 0 Å². The number of fused-ring (bicyclic) bond motifs is 1. The Bertz CT molecular complexity index is 822. The summed E-state index contributed by atoms with van der Waals surface area (Å²) in [5, 5.41) is 17.8. The van der Waals surface area contributed by atoms with Crippen molar-refractivity contribution in [2.45, 2.75) is 19.0 Å². The first-order valence-electron chi connectivity index (χ1n) is 6.64. The van der Waals surface area contributed by atoms with Gasteiger partial charge in [-0.25, -0.2) is 9.18 Å². The first-order valence-corrected chi connectivity index (χ1v) is 7.43. The maximum atomic E-state index is 14.3. The molecule has 0 bridgehead atoms. The second-order valence-electron chi connectivity index (χ2n) is 5.41. The fourth-order valence-electron chi connectivity index (χ4n) is 2.66. The quantitative estimate of drug-likeness (QED) is 0.743. The minimum atomic E-state index is -1.25. The number of carboxylic acid groups (broad SMARTS) is 1. The predicted octanol–water partition coefficient (Wildman–Crippen LogP) is 2.53. The van der Waals surface area contributed by atoms with Crippen LogP contribution in [0.15, 0.2) is 28.9 Å². The molecule has 1 atom stereocenters. The predicted molar refractivity (Wildman–Crippen MR) is 82.8 cm³/mol. The van der Waals surface area contributed by atoms with Crippen LogP contribution in [0.5, 0.6) is 0 Å². The van der Waals surface area contributed by atoms with E-state index in [1.165, 1.54) is 23.0 Å². The van der Waals surface area contributed by atoms with E-state index in [2.05, 4.69) is 31.7 Å². The zero-order valence-corrected chi connectivity index (χ0v) is 13.5. The van der Waals surface area contributed by atoms with E-state index < -0.39 is 17.4 Å². The van der Waals surface area contributed by atoms with Gasteiger partial charge in [0, 0.05) is 11.3 Å². The smallest absolute Gasteiger partial charge is 0.409 e. The van der Waals surface area contributed by atoms with Crippen LogP contribution in [-0.2, 0) is 12.1 Å². The Hall–Kier alpha value is -2.42. The van der Waals surface area contributed by atoms with Crippen LogP contribution < -0.4 is 10.6 Å². The van der Waals surface area contributed by atoms with E-state index in [0.717, 1.165) is 6.07 Å². The molecule has 3 rings (SSSR count). The third-order valence-electron chi connectivity index (χ3n) is 3.68. The molecule has 0 radical (unpaired) electrons. The van der Waals surface area contributed by atoms with Gasteiger partial charge in [-0.05, 0) is 41.1 Å². The molecule has 1 aromatic carbocycles. The average Bonchev–Trinajstić information content (AvgIpc) is 2.81. The van der Waals surface area contributed by atoms with Gasteiger partial charge in [0.15, 0.2) is 0 Å². The Balaban J connectivity index is 2.04. The fourth-order valence-corrected chi connectivity index (χ4v) is 3.14. The van der Waals surface area contributed by atoms with Gasteiger partial charge in [-0.3, -0.25) is 14.8 Å². The van der Waals surface area contributed by atoms with Crippen LogP contribution >= 0.6 is 15.9 Å². The number of anilines is 1. The molecule has 120 valence electrons. The lowest BCUT2D eigenvalue weighted by atomic mass is 9.89. The molecule has 3 N–H and O–H groups in total. The fraction of sp³-hybridized carbons (Fsp3) is 0.214. The van der Waals surface area contributed by atoms with E-state index in [4.69, 9.17) is 5.11 Å². The molecule has 0 aliphatic carbocycles. The van der Waals surface area contributed by atoms with Gasteiger partial charge < -0.3 is 10.4 Å². The van der Waals surface area contributed by atoms with Gasteiger partial charge in [-0.15, -0.1) is 0 Å². The maximum Gasteiger partial charge on any atom is 0.409 e. The summed E-state index contributed by atoms with van der Waals surface area (Å²) in [6.45, 7) is 1.87. The van der Waals surface area contributed by atoms with Crippen molar-refractivity contribution in [1.82, 2.24) is 15.1 Å². The zero-order chi connectivity index (χ0) is 16.8. The van der Waals surface area contributed by atoms with Gasteiger partial charge in [0.25, 0.3) is 5.91 Å². The van der Waals surface area contributed by atoms with Crippen LogP contribution in [-0.4, -0.2) is 26.9 Å². The maximum absolute atomic E-state index is 14.3. The molecule has 2 amide bonds. The average molecular weight is 383 g/mol. The van der Waals surface area contributed by atoms with Crippen LogP contribution in [0.25, 0.3) is 0 Å². The topological polar surface area (TPSA) is 96.2 Å². The summed E-state index contributed by atoms with van der Waals surface area (Å²) in [7, 11) is 0. The number of aromatic nitrogens is 2. The lowest BCUT2D eigenvalue weighted by Crippen LogP contribution is -2.52. The van der Waals surface area contributed by atoms with Crippen molar-refractivity contribution in [3.05, 3.63) is 45.9 Å². The van der Waals surface area contributed by atoms with Crippen molar-refractivity contribution in [2.75, 3.05) is 5.32 Å². The van der Waals surface area contributed by atoms with Gasteiger partial charge in [0.2, 0.25) is 0 Å². The molecule has 7 nitrogen and oxygen atoms in total. The summed E-state index contributed by atoms with van der Waals surface area (Å²) in [5.41, 5.74) is -0.301. The number of amides is 2. The van der Waals surface area contributed by atoms with E-state index in [1.54, 1.807) is 6.92 Å². The number of halogens is 2. The Labute approximate surface area is 138 Å². The van der Waals surface area contributed by atoms with Crippen molar-refractivity contribution in [1.29, 1.82) is 0 Å². The number of nitrogens with one attached hydrogen (secondary N) is 2. The monoisotopic (exact) mass is 382 g/mol. The van der Waals surface area contributed by atoms with Crippen LogP contribution in [0.3, 0.4) is 0 Å². The molecule has 9 heteroatoms. The summed E-state index contributed by atoms with van der Waals surface area (Å²) in [6, 6.07) is 3.84. The largest absolute Gasteiger partial charge is 0.465 e. The van der Waals surface area contributed by atoms with Crippen LogP contribution in [0.2, 0.25) is 0 Å². The van der Waals surface area contributed by atoms with E-state index in [1.807, 2.05) is 0 Å². The van der Waals surface area contributed by atoms with Gasteiger partial charge in [-0.2, -0.15) is 5.10 Å².